The molecule has 2 aromatic heterocycles. The van der Waals surface area contributed by atoms with Gasteiger partial charge >= 0.3 is 12.1 Å². The third-order valence-corrected chi connectivity index (χ3v) is 3.66. The third kappa shape index (κ3) is 2.29. The minimum atomic E-state index is -4.69. The molecule has 1 atom stereocenters. The number of hydrogen-bond acceptors (Lipinski definition) is 3. The van der Waals surface area contributed by atoms with Crippen molar-refractivity contribution in [1.82, 2.24) is 9.38 Å². The summed E-state index contributed by atoms with van der Waals surface area (Å²) in [6, 6.07) is 0.938. The van der Waals surface area contributed by atoms with Crippen LogP contribution in [0.5, 0.6) is 0 Å². The molecule has 0 bridgehead atoms. The van der Waals surface area contributed by atoms with Crippen molar-refractivity contribution in [3.05, 3.63) is 46.6 Å². The minimum Gasteiger partial charge on any atom is -0.501 e. The zero-order chi connectivity index (χ0) is 16.1. The summed E-state index contributed by atoms with van der Waals surface area (Å²) in [5.41, 5.74) is -1.89. The number of hydrogen-bond donors (Lipinski definition) is 1. The Hall–Kier alpha value is -2.22. The first-order chi connectivity index (χ1) is 10.3. The molecule has 0 saturated carbocycles. The van der Waals surface area contributed by atoms with Gasteiger partial charge in [-0.25, -0.2) is 9.78 Å². The van der Waals surface area contributed by atoms with E-state index in [1.807, 2.05) is 0 Å². The van der Waals surface area contributed by atoms with Crippen LogP contribution in [0.3, 0.4) is 0 Å². The van der Waals surface area contributed by atoms with Crippen LogP contribution >= 0.6 is 11.6 Å². The topological polar surface area (TPSA) is 63.8 Å². The Kier molecular flexibility index (Phi) is 3.28. The van der Waals surface area contributed by atoms with Crippen LogP contribution in [0.1, 0.15) is 27.5 Å². The number of aromatic carboxylic acids is 1. The molecule has 116 valence electrons. The van der Waals surface area contributed by atoms with E-state index >= 15 is 0 Å². The molecular formula is C13H8ClF3N2O3. The molecule has 3 rings (SSSR count). The van der Waals surface area contributed by atoms with E-state index in [1.54, 1.807) is 6.08 Å². The number of nitrogens with zero attached hydrogens (tertiary/aromatic N) is 2. The molecule has 5 nitrogen and oxygen atoms in total. The molecule has 0 aliphatic carbocycles. The smallest absolute Gasteiger partial charge is 0.419 e. The second kappa shape index (κ2) is 4.91. The molecule has 1 N–H and O–H groups in total. The third-order valence-electron chi connectivity index (χ3n) is 3.30. The Labute approximate surface area is 126 Å². The molecule has 1 unspecified atom stereocenters. The lowest BCUT2D eigenvalue weighted by Gasteiger charge is -2.13. The maximum Gasteiger partial charge on any atom is 0.419 e. The highest BCUT2D eigenvalue weighted by Gasteiger charge is 2.36. The van der Waals surface area contributed by atoms with Gasteiger partial charge in [-0.3, -0.25) is 4.40 Å². The fourth-order valence-electron chi connectivity index (χ4n) is 2.26. The molecule has 9 heteroatoms. The van der Waals surface area contributed by atoms with Crippen molar-refractivity contribution >= 4 is 23.2 Å². The van der Waals surface area contributed by atoms with Crippen molar-refractivity contribution in [2.75, 3.05) is 6.61 Å². The molecule has 1 aliphatic heterocycles. The predicted molar refractivity (Wildman–Crippen MR) is 70.0 cm³/mol. The van der Waals surface area contributed by atoms with E-state index in [0.717, 1.165) is 10.5 Å². The number of rotatable bonds is 2. The number of aromatic nitrogens is 2. The molecule has 2 aromatic rings. The van der Waals surface area contributed by atoms with Crippen LogP contribution in [0.15, 0.2) is 24.6 Å². The molecule has 22 heavy (non-hydrogen) atoms. The van der Waals surface area contributed by atoms with Crippen LogP contribution in [0.4, 0.5) is 13.2 Å². The zero-order valence-electron chi connectivity index (χ0n) is 10.8. The van der Waals surface area contributed by atoms with Gasteiger partial charge in [0, 0.05) is 12.1 Å². The summed E-state index contributed by atoms with van der Waals surface area (Å²) in [5.74, 6) is -1.86. The fourth-order valence-corrected chi connectivity index (χ4v) is 2.51. The van der Waals surface area contributed by atoms with Crippen LogP contribution < -0.4 is 0 Å². The Bertz CT molecular complexity index is 798. The van der Waals surface area contributed by atoms with E-state index in [9.17, 15) is 18.0 Å². The summed E-state index contributed by atoms with van der Waals surface area (Å²) in [5, 5.41) is 8.59. The highest BCUT2D eigenvalue weighted by atomic mass is 35.5. The van der Waals surface area contributed by atoms with E-state index in [1.165, 1.54) is 12.5 Å². The molecule has 0 aromatic carbocycles. The van der Waals surface area contributed by atoms with Gasteiger partial charge in [-0.1, -0.05) is 11.6 Å². The van der Waals surface area contributed by atoms with Gasteiger partial charge in [-0.05, 0) is 17.7 Å². The highest BCUT2D eigenvalue weighted by Crippen LogP contribution is 2.36. The van der Waals surface area contributed by atoms with E-state index in [-0.39, 0.29) is 17.7 Å². The van der Waals surface area contributed by atoms with Crippen LogP contribution in [-0.4, -0.2) is 27.1 Å². The fraction of sp³-hybridized carbons (Fsp3) is 0.231. The summed E-state index contributed by atoms with van der Waals surface area (Å²) < 4.78 is 45.6. The SMILES string of the molecule is O=C(O)c1nc2c(C(F)(F)F)cc(C3C=COC3)cn2c1Cl. The maximum atomic E-state index is 13.2. The number of fused-ring (bicyclic) bond motifs is 1. The van der Waals surface area contributed by atoms with Gasteiger partial charge in [0.2, 0.25) is 0 Å². The second-order valence-electron chi connectivity index (χ2n) is 4.70. The minimum absolute atomic E-state index is 0.209. The van der Waals surface area contributed by atoms with Crippen molar-refractivity contribution < 1.29 is 27.8 Å². The lowest BCUT2D eigenvalue weighted by Crippen LogP contribution is -2.11. The van der Waals surface area contributed by atoms with Crippen LogP contribution in [-0.2, 0) is 10.9 Å². The molecule has 0 spiro atoms. The van der Waals surface area contributed by atoms with Crippen molar-refractivity contribution in [1.29, 1.82) is 0 Å². The van der Waals surface area contributed by atoms with Gasteiger partial charge in [0.05, 0.1) is 18.4 Å². The van der Waals surface area contributed by atoms with Crippen LogP contribution in [0, 0.1) is 0 Å². The standard InChI is InChI=1S/C13H8ClF3N2O3/c14-10-9(12(20)21)18-11-8(13(15,16)17)3-7(4-19(10)11)6-1-2-22-5-6/h1-4,6H,5H2,(H,20,21). The quantitative estimate of drug-likeness (QED) is 0.916. The highest BCUT2D eigenvalue weighted by molar-refractivity contribution is 6.32. The average molecular weight is 333 g/mol. The van der Waals surface area contributed by atoms with E-state index in [4.69, 9.17) is 21.4 Å². The number of alkyl halides is 3. The monoisotopic (exact) mass is 332 g/mol. The zero-order valence-corrected chi connectivity index (χ0v) is 11.5. The summed E-state index contributed by atoms with van der Waals surface area (Å²) in [4.78, 5) is 14.5. The van der Waals surface area contributed by atoms with E-state index in [0.29, 0.717) is 5.56 Å². The average Bonchev–Trinajstić information content (AvgIpc) is 3.05. The van der Waals surface area contributed by atoms with Gasteiger partial charge < -0.3 is 9.84 Å². The van der Waals surface area contributed by atoms with Gasteiger partial charge in [0.25, 0.3) is 0 Å². The molecule has 0 saturated heterocycles. The maximum absolute atomic E-state index is 13.2. The number of carboxylic acid groups (broad SMARTS) is 1. The number of pyridine rings is 1. The van der Waals surface area contributed by atoms with Crippen molar-refractivity contribution in [2.45, 2.75) is 12.1 Å². The first-order valence-electron chi connectivity index (χ1n) is 6.09. The number of halogens is 4. The Morgan fingerprint density at radius 3 is 2.77 bits per heavy atom. The number of carboxylic acids is 1. The van der Waals surface area contributed by atoms with Gasteiger partial charge in [-0.15, -0.1) is 0 Å². The van der Waals surface area contributed by atoms with Crippen LogP contribution in [0.2, 0.25) is 5.15 Å². The Morgan fingerprint density at radius 1 is 1.50 bits per heavy atom. The first kappa shape index (κ1) is 14.7. The molecular weight excluding hydrogens is 325 g/mol. The van der Waals surface area contributed by atoms with Crippen molar-refractivity contribution in [3.8, 4) is 0 Å². The molecule has 1 aliphatic rings. The summed E-state index contributed by atoms with van der Waals surface area (Å²) in [6.07, 6.45) is -0.328. The number of imidazole rings is 1. The molecule has 3 heterocycles. The van der Waals surface area contributed by atoms with Gasteiger partial charge in [0.15, 0.2) is 11.3 Å². The van der Waals surface area contributed by atoms with E-state index in [2.05, 4.69) is 4.98 Å². The Balaban J connectivity index is 2.31. The summed E-state index contributed by atoms with van der Waals surface area (Å²) in [6.45, 7) is 0.209. The van der Waals surface area contributed by atoms with Gasteiger partial charge in [-0.2, -0.15) is 13.2 Å². The molecule has 0 amide bonds. The predicted octanol–water partition coefficient (Wildman–Crippen LogP) is 3.33. The first-order valence-corrected chi connectivity index (χ1v) is 6.47. The largest absolute Gasteiger partial charge is 0.501 e. The lowest BCUT2D eigenvalue weighted by molar-refractivity contribution is -0.136. The normalized spacial score (nSPS) is 17.9. The second-order valence-corrected chi connectivity index (χ2v) is 5.06. The number of carbonyl (C=O) groups is 1. The van der Waals surface area contributed by atoms with Crippen molar-refractivity contribution in [2.24, 2.45) is 0 Å². The lowest BCUT2D eigenvalue weighted by atomic mass is 10.0. The van der Waals surface area contributed by atoms with Crippen LogP contribution in [0.25, 0.3) is 5.65 Å². The summed E-state index contributed by atoms with van der Waals surface area (Å²) >= 11 is 5.86. The summed E-state index contributed by atoms with van der Waals surface area (Å²) in [7, 11) is 0. The molecule has 0 radical (unpaired) electrons. The Morgan fingerprint density at radius 2 is 2.23 bits per heavy atom. The van der Waals surface area contributed by atoms with E-state index < -0.39 is 29.1 Å². The van der Waals surface area contributed by atoms with Crippen molar-refractivity contribution in [3.63, 3.8) is 0 Å². The number of ether oxygens (including phenoxy) is 1. The molecule has 0 fully saturated rings. The van der Waals surface area contributed by atoms with Gasteiger partial charge in [0.1, 0.15) is 5.15 Å².